The molecule has 0 bridgehead atoms. The number of hydrogen-bond donors (Lipinski definition) is 0. The summed E-state index contributed by atoms with van der Waals surface area (Å²) in [6.07, 6.45) is 3.28. The summed E-state index contributed by atoms with van der Waals surface area (Å²) in [5, 5.41) is 0. The number of rotatable bonds is 5. The third-order valence-corrected chi connectivity index (χ3v) is 5.11. The fraction of sp³-hybridized carbons (Fsp3) is 0.611. The number of methoxy groups -OCH3 is 1. The van der Waals surface area contributed by atoms with Gasteiger partial charge in [-0.05, 0) is 30.9 Å². The maximum absolute atomic E-state index is 10.8. The highest BCUT2D eigenvalue weighted by atomic mass is 16.5. The number of ether oxygens (including phenoxy) is 1. The Kier molecular flexibility index (Phi) is 5.39. The fourth-order valence-corrected chi connectivity index (χ4v) is 3.67. The van der Waals surface area contributed by atoms with Crippen LogP contribution in [-0.2, 0) is 4.79 Å². The molecule has 0 unspecified atom stereocenters. The average Bonchev–Trinajstić information content (AvgIpc) is 2.63. The summed E-state index contributed by atoms with van der Waals surface area (Å²) in [4.78, 5) is 17.7. The molecule has 1 aromatic rings. The van der Waals surface area contributed by atoms with Crippen LogP contribution in [-0.4, -0.2) is 69.1 Å². The zero-order chi connectivity index (χ0) is 16.1. The van der Waals surface area contributed by atoms with Crippen molar-refractivity contribution in [3.8, 4) is 5.75 Å². The normalized spacial score (nSPS) is 20.6. The van der Waals surface area contributed by atoms with Crippen LogP contribution in [0.5, 0.6) is 5.75 Å². The van der Waals surface area contributed by atoms with E-state index in [0.29, 0.717) is 0 Å². The number of para-hydroxylation sites is 2. The molecule has 0 aromatic heterocycles. The highest BCUT2D eigenvalue weighted by molar-refractivity contribution is 5.58. The van der Waals surface area contributed by atoms with Gasteiger partial charge in [0.2, 0.25) is 6.41 Å². The lowest BCUT2D eigenvalue weighted by atomic mass is 9.96. The molecule has 2 aliphatic heterocycles. The van der Waals surface area contributed by atoms with Crippen LogP contribution in [0.25, 0.3) is 0 Å². The lowest BCUT2D eigenvalue weighted by Crippen LogP contribution is -2.48. The van der Waals surface area contributed by atoms with Crippen LogP contribution in [0.3, 0.4) is 0 Å². The first-order valence-electron chi connectivity index (χ1n) is 8.60. The van der Waals surface area contributed by atoms with Crippen molar-refractivity contribution in [2.24, 2.45) is 5.92 Å². The molecule has 0 spiro atoms. The van der Waals surface area contributed by atoms with Crippen LogP contribution in [0.15, 0.2) is 24.3 Å². The molecule has 1 amide bonds. The maximum Gasteiger partial charge on any atom is 0.209 e. The van der Waals surface area contributed by atoms with Gasteiger partial charge in [-0.3, -0.25) is 9.69 Å². The number of amides is 1. The maximum atomic E-state index is 10.8. The molecule has 126 valence electrons. The predicted octanol–water partition coefficient (Wildman–Crippen LogP) is 1.69. The highest BCUT2D eigenvalue weighted by Crippen LogP contribution is 2.28. The Labute approximate surface area is 138 Å². The van der Waals surface area contributed by atoms with Crippen LogP contribution in [0.1, 0.15) is 12.8 Å². The zero-order valence-electron chi connectivity index (χ0n) is 14.0. The molecule has 2 fully saturated rings. The number of piperazine rings is 1. The van der Waals surface area contributed by atoms with Gasteiger partial charge < -0.3 is 14.5 Å². The summed E-state index contributed by atoms with van der Waals surface area (Å²) >= 11 is 0. The van der Waals surface area contributed by atoms with Crippen molar-refractivity contribution in [1.29, 1.82) is 0 Å². The Morgan fingerprint density at radius 3 is 2.43 bits per heavy atom. The van der Waals surface area contributed by atoms with E-state index in [-0.39, 0.29) is 0 Å². The quantitative estimate of drug-likeness (QED) is 0.774. The molecular weight excluding hydrogens is 290 g/mol. The van der Waals surface area contributed by atoms with Crippen molar-refractivity contribution in [2.45, 2.75) is 12.8 Å². The molecule has 0 radical (unpaired) electrons. The largest absolute Gasteiger partial charge is 0.495 e. The second kappa shape index (κ2) is 7.68. The van der Waals surface area contributed by atoms with Gasteiger partial charge in [0.1, 0.15) is 5.75 Å². The molecule has 0 aliphatic carbocycles. The minimum Gasteiger partial charge on any atom is -0.495 e. The van der Waals surface area contributed by atoms with Crippen molar-refractivity contribution in [2.75, 3.05) is 57.8 Å². The van der Waals surface area contributed by atoms with Crippen LogP contribution in [0.4, 0.5) is 5.69 Å². The van der Waals surface area contributed by atoms with E-state index < -0.39 is 0 Å². The van der Waals surface area contributed by atoms with E-state index in [1.807, 2.05) is 17.0 Å². The first kappa shape index (κ1) is 16.1. The number of piperidine rings is 1. The predicted molar refractivity (Wildman–Crippen MR) is 92.0 cm³/mol. The first-order chi connectivity index (χ1) is 11.3. The van der Waals surface area contributed by atoms with Gasteiger partial charge in [-0.25, -0.2) is 0 Å². The van der Waals surface area contributed by atoms with Gasteiger partial charge in [-0.2, -0.15) is 0 Å². The van der Waals surface area contributed by atoms with Gasteiger partial charge in [-0.1, -0.05) is 12.1 Å². The summed E-state index contributed by atoms with van der Waals surface area (Å²) in [5.74, 6) is 1.70. The van der Waals surface area contributed by atoms with E-state index in [4.69, 9.17) is 4.74 Å². The van der Waals surface area contributed by atoms with E-state index in [2.05, 4.69) is 21.9 Å². The number of hydrogen-bond acceptors (Lipinski definition) is 4. The molecule has 0 N–H and O–H groups in total. The second-order valence-corrected chi connectivity index (χ2v) is 6.54. The van der Waals surface area contributed by atoms with Gasteiger partial charge in [0.05, 0.1) is 12.8 Å². The molecule has 1 aromatic carbocycles. The lowest BCUT2D eigenvalue weighted by molar-refractivity contribution is -0.119. The second-order valence-electron chi connectivity index (χ2n) is 6.54. The summed E-state index contributed by atoms with van der Waals surface area (Å²) < 4.78 is 5.48. The van der Waals surface area contributed by atoms with Gasteiger partial charge in [0.25, 0.3) is 0 Å². The standard InChI is InChI=1S/C18H27N3O2/c1-23-18-5-3-2-4-17(18)21-12-10-19(11-13-21)14-16-6-8-20(15-22)9-7-16/h2-5,15-16H,6-14H2,1H3. The fourth-order valence-electron chi connectivity index (χ4n) is 3.67. The Hall–Kier alpha value is -1.75. The molecule has 5 heteroatoms. The highest BCUT2D eigenvalue weighted by Gasteiger charge is 2.24. The number of benzene rings is 1. The molecule has 3 rings (SSSR count). The van der Waals surface area contributed by atoms with Crippen LogP contribution < -0.4 is 9.64 Å². The lowest BCUT2D eigenvalue weighted by Gasteiger charge is -2.39. The smallest absolute Gasteiger partial charge is 0.209 e. The minimum absolute atomic E-state index is 0.740. The van der Waals surface area contributed by atoms with E-state index in [0.717, 1.165) is 70.2 Å². The third-order valence-electron chi connectivity index (χ3n) is 5.11. The number of carbonyl (C=O) groups is 1. The van der Waals surface area contributed by atoms with E-state index in [1.54, 1.807) is 7.11 Å². The van der Waals surface area contributed by atoms with Crippen molar-refractivity contribution < 1.29 is 9.53 Å². The van der Waals surface area contributed by atoms with Gasteiger partial charge in [0.15, 0.2) is 0 Å². The Bertz CT molecular complexity index is 507. The molecule has 2 aliphatic rings. The zero-order valence-corrected chi connectivity index (χ0v) is 14.0. The number of likely N-dealkylation sites (tertiary alicyclic amines) is 1. The summed E-state index contributed by atoms with van der Waals surface area (Å²) in [6, 6.07) is 8.27. The summed E-state index contributed by atoms with van der Waals surface area (Å²) in [7, 11) is 1.74. The average molecular weight is 317 g/mol. The number of nitrogens with zero attached hydrogens (tertiary/aromatic N) is 3. The molecule has 2 saturated heterocycles. The van der Waals surface area contributed by atoms with Gasteiger partial charge in [0, 0.05) is 45.8 Å². The van der Waals surface area contributed by atoms with E-state index in [1.165, 1.54) is 12.2 Å². The van der Waals surface area contributed by atoms with E-state index in [9.17, 15) is 4.79 Å². The van der Waals surface area contributed by atoms with Crippen LogP contribution >= 0.6 is 0 Å². The summed E-state index contributed by atoms with van der Waals surface area (Å²) in [6.45, 7) is 7.33. The number of anilines is 1. The van der Waals surface area contributed by atoms with Gasteiger partial charge >= 0.3 is 0 Å². The minimum atomic E-state index is 0.740. The Morgan fingerprint density at radius 1 is 1.09 bits per heavy atom. The van der Waals surface area contributed by atoms with Crippen LogP contribution in [0.2, 0.25) is 0 Å². The summed E-state index contributed by atoms with van der Waals surface area (Å²) in [5.41, 5.74) is 1.20. The van der Waals surface area contributed by atoms with Crippen molar-refractivity contribution in [1.82, 2.24) is 9.80 Å². The molecule has 23 heavy (non-hydrogen) atoms. The topological polar surface area (TPSA) is 36.0 Å². The Balaban J connectivity index is 1.48. The van der Waals surface area contributed by atoms with Crippen molar-refractivity contribution in [3.05, 3.63) is 24.3 Å². The molecule has 0 atom stereocenters. The van der Waals surface area contributed by atoms with E-state index >= 15 is 0 Å². The Morgan fingerprint density at radius 2 is 1.78 bits per heavy atom. The number of carbonyl (C=O) groups excluding carboxylic acids is 1. The van der Waals surface area contributed by atoms with Crippen LogP contribution in [0, 0.1) is 5.92 Å². The third kappa shape index (κ3) is 3.96. The molecular formula is C18H27N3O2. The first-order valence-corrected chi connectivity index (χ1v) is 8.60. The van der Waals surface area contributed by atoms with Gasteiger partial charge in [-0.15, -0.1) is 0 Å². The molecule has 0 saturated carbocycles. The SMILES string of the molecule is COc1ccccc1N1CCN(CC2CCN(C=O)CC2)CC1. The monoisotopic (exact) mass is 317 g/mol. The molecule has 5 nitrogen and oxygen atoms in total. The van der Waals surface area contributed by atoms with Crippen molar-refractivity contribution in [3.63, 3.8) is 0 Å². The molecule has 2 heterocycles. The van der Waals surface area contributed by atoms with Crippen molar-refractivity contribution >= 4 is 12.1 Å².